The van der Waals surface area contributed by atoms with Crippen LogP contribution in [-0.4, -0.2) is 31.8 Å². The third-order valence-corrected chi connectivity index (χ3v) is 3.44. The molecular weight excluding hydrogens is 264 g/mol. The molecule has 0 atom stereocenters. The van der Waals surface area contributed by atoms with Gasteiger partial charge in [-0.25, -0.2) is 4.98 Å². The van der Waals surface area contributed by atoms with E-state index in [9.17, 15) is 0 Å². The Balaban J connectivity index is 1.88. The number of hydrogen-bond donors (Lipinski definition) is 1. The molecule has 0 amide bonds. The monoisotopic (exact) mass is 288 g/mol. The normalized spacial score (nSPS) is 11.0. The fraction of sp³-hybridized carbons (Fsp3) is 0.471. The average Bonchev–Trinajstić information content (AvgIpc) is 2.94. The maximum atomic E-state index is 5.87. The highest BCUT2D eigenvalue weighted by atomic mass is 16.5. The zero-order chi connectivity index (χ0) is 15.1. The molecule has 0 unspecified atom stereocenters. The van der Waals surface area contributed by atoms with Crippen molar-refractivity contribution >= 4 is 0 Å². The van der Waals surface area contributed by atoms with E-state index in [-0.39, 0.29) is 0 Å². The molecule has 0 spiro atoms. The highest BCUT2D eigenvalue weighted by molar-refractivity contribution is 5.62. The van der Waals surface area contributed by atoms with Gasteiger partial charge in [-0.1, -0.05) is 17.7 Å². The maximum Gasteiger partial charge on any atom is 0.194 e. The minimum Gasteiger partial charge on any atom is -0.441 e. The number of nitrogens with one attached hydrogen (secondary N) is 1. The van der Waals surface area contributed by atoms with Gasteiger partial charge < -0.3 is 14.5 Å². The van der Waals surface area contributed by atoms with Crippen molar-refractivity contribution in [3.8, 4) is 11.3 Å². The molecule has 4 nitrogen and oxygen atoms in total. The third kappa shape index (κ3) is 4.69. The first-order valence-electron chi connectivity index (χ1n) is 7.42. The first-order valence-corrected chi connectivity index (χ1v) is 7.42. The lowest BCUT2D eigenvalue weighted by molar-refractivity contribution is 0.199. The molecule has 4 heteroatoms. The Morgan fingerprint density at radius 3 is 2.90 bits per heavy atom. The summed E-state index contributed by atoms with van der Waals surface area (Å²) >= 11 is 0. The van der Waals surface area contributed by atoms with Crippen LogP contribution in [0.25, 0.3) is 11.3 Å². The molecule has 2 aromatic rings. The number of oxazole rings is 1. The molecule has 0 fully saturated rings. The van der Waals surface area contributed by atoms with Crippen LogP contribution in [0.1, 0.15) is 23.4 Å². The van der Waals surface area contributed by atoms with Crippen LogP contribution < -0.4 is 5.32 Å². The molecule has 0 aliphatic carbocycles. The van der Waals surface area contributed by atoms with Gasteiger partial charge in [0.25, 0.3) is 0 Å². The van der Waals surface area contributed by atoms with Crippen molar-refractivity contribution in [2.45, 2.75) is 26.7 Å². The lowest BCUT2D eigenvalue weighted by Crippen LogP contribution is -2.20. The molecular formula is C17H24N2O2. The second kappa shape index (κ2) is 7.96. The van der Waals surface area contributed by atoms with E-state index in [1.165, 1.54) is 11.1 Å². The topological polar surface area (TPSA) is 47.3 Å². The smallest absolute Gasteiger partial charge is 0.194 e. The van der Waals surface area contributed by atoms with Crippen molar-refractivity contribution < 1.29 is 9.15 Å². The van der Waals surface area contributed by atoms with Gasteiger partial charge >= 0.3 is 0 Å². The Hall–Kier alpha value is -1.65. The highest BCUT2D eigenvalue weighted by Gasteiger charge is 2.09. The van der Waals surface area contributed by atoms with Gasteiger partial charge in [-0.2, -0.15) is 0 Å². The SMILES string of the molecule is COCCNCCCc1ncc(-c2cc(C)ccc2C)o1. The van der Waals surface area contributed by atoms with E-state index >= 15 is 0 Å². The Morgan fingerprint density at radius 1 is 1.24 bits per heavy atom. The Kier molecular flexibility index (Phi) is 5.96. The summed E-state index contributed by atoms with van der Waals surface area (Å²) in [5, 5.41) is 3.32. The summed E-state index contributed by atoms with van der Waals surface area (Å²) in [5.41, 5.74) is 3.58. The van der Waals surface area contributed by atoms with E-state index in [1.807, 2.05) is 6.20 Å². The summed E-state index contributed by atoms with van der Waals surface area (Å²) in [6, 6.07) is 6.38. The molecule has 1 N–H and O–H groups in total. The van der Waals surface area contributed by atoms with Gasteiger partial charge in [0.2, 0.25) is 0 Å². The second-order valence-corrected chi connectivity index (χ2v) is 5.28. The van der Waals surface area contributed by atoms with E-state index in [0.29, 0.717) is 0 Å². The Bertz CT molecular complexity index is 564. The van der Waals surface area contributed by atoms with E-state index in [2.05, 4.69) is 42.3 Å². The standard InChI is InChI=1S/C17H24N2O2/c1-13-6-7-14(2)15(11-13)16-12-19-17(21-16)5-4-8-18-9-10-20-3/h6-7,11-12,18H,4-5,8-10H2,1-3H3. The molecule has 1 heterocycles. The van der Waals surface area contributed by atoms with Crippen LogP contribution >= 0.6 is 0 Å². The number of methoxy groups -OCH3 is 1. The minimum absolute atomic E-state index is 0.746. The van der Waals surface area contributed by atoms with Crippen LogP contribution in [0, 0.1) is 13.8 Å². The van der Waals surface area contributed by atoms with E-state index in [1.54, 1.807) is 7.11 Å². The van der Waals surface area contributed by atoms with Crippen LogP contribution in [0.5, 0.6) is 0 Å². The molecule has 0 bridgehead atoms. The van der Waals surface area contributed by atoms with Crippen LogP contribution in [-0.2, 0) is 11.2 Å². The van der Waals surface area contributed by atoms with Crippen molar-refractivity contribution in [1.29, 1.82) is 0 Å². The lowest BCUT2D eigenvalue weighted by Gasteiger charge is -2.03. The first kappa shape index (κ1) is 15.7. The van der Waals surface area contributed by atoms with Crippen LogP contribution in [0.2, 0.25) is 0 Å². The summed E-state index contributed by atoms with van der Waals surface area (Å²) in [4.78, 5) is 4.38. The van der Waals surface area contributed by atoms with Crippen molar-refractivity contribution in [2.24, 2.45) is 0 Å². The molecule has 1 aromatic carbocycles. The number of rotatable bonds is 8. The van der Waals surface area contributed by atoms with Gasteiger partial charge in [-0.3, -0.25) is 0 Å². The number of benzene rings is 1. The molecule has 0 aliphatic heterocycles. The molecule has 114 valence electrons. The van der Waals surface area contributed by atoms with Gasteiger partial charge in [0, 0.05) is 25.6 Å². The number of aryl methyl sites for hydroxylation is 3. The van der Waals surface area contributed by atoms with Gasteiger partial charge in [0.1, 0.15) is 0 Å². The van der Waals surface area contributed by atoms with Crippen LogP contribution in [0.4, 0.5) is 0 Å². The zero-order valence-corrected chi connectivity index (χ0v) is 13.1. The fourth-order valence-electron chi connectivity index (χ4n) is 2.22. The summed E-state index contributed by atoms with van der Waals surface area (Å²) in [5.74, 6) is 1.66. The Morgan fingerprint density at radius 2 is 2.10 bits per heavy atom. The van der Waals surface area contributed by atoms with E-state index < -0.39 is 0 Å². The number of aromatic nitrogens is 1. The van der Waals surface area contributed by atoms with E-state index in [4.69, 9.17) is 9.15 Å². The molecule has 1 aromatic heterocycles. The first-order chi connectivity index (χ1) is 10.2. The van der Waals surface area contributed by atoms with Crippen molar-refractivity contribution in [2.75, 3.05) is 26.8 Å². The van der Waals surface area contributed by atoms with Crippen molar-refractivity contribution in [1.82, 2.24) is 10.3 Å². The molecule has 0 saturated heterocycles. The van der Waals surface area contributed by atoms with E-state index in [0.717, 1.165) is 49.8 Å². The predicted octanol–water partition coefficient (Wildman–Crippen LogP) is 3.13. The third-order valence-electron chi connectivity index (χ3n) is 3.44. The number of hydrogen-bond acceptors (Lipinski definition) is 4. The van der Waals surface area contributed by atoms with Crippen molar-refractivity contribution in [3.63, 3.8) is 0 Å². The summed E-state index contributed by atoms with van der Waals surface area (Å²) in [6.45, 7) is 6.76. The second-order valence-electron chi connectivity index (χ2n) is 5.28. The summed E-state index contributed by atoms with van der Waals surface area (Å²) in [7, 11) is 1.71. The molecule has 0 aliphatic rings. The van der Waals surface area contributed by atoms with Gasteiger partial charge in [0.15, 0.2) is 11.7 Å². The quantitative estimate of drug-likeness (QED) is 0.758. The van der Waals surface area contributed by atoms with Crippen LogP contribution in [0.15, 0.2) is 28.8 Å². The average molecular weight is 288 g/mol. The predicted molar refractivity (Wildman–Crippen MR) is 84.5 cm³/mol. The largest absolute Gasteiger partial charge is 0.441 e. The molecule has 2 rings (SSSR count). The minimum atomic E-state index is 0.746. The molecule has 0 saturated carbocycles. The maximum absolute atomic E-state index is 5.87. The molecule has 0 radical (unpaired) electrons. The van der Waals surface area contributed by atoms with Crippen LogP contribution in [0.3, 0.4) is 0 Å². The van der Waals surface area contributed by atoms with Crippen molar-refractivity contribution in [3.05, 3.63) is 41.4 Å². The molecule has 21 heavy (non-hydrogen) atoms. The number of nitrogens with zero attached hydrogens (tertiary/aromatic N) is 1. The zero-order valence-electron chi connectivity index (χ0n) is 13.1. The summed E-state index contributed by atoms with van der Waals surface area (Å²) < 4.78 is 10.9. The van der Waals surface area contributed by atoms with Gasteiger partial charge in [0.05, 0.1) is 12.8 Å². The Labute approximate surface area is 126 Å². The number of ether oxygens (including phenoxy) is 1. The summed E-state index contributed by atoms with van der Waals surface area (Å²) in [6.07, 6.45) is 3.69. The van der Waals surface area contributed by atoms with Gasteiger partial charge in [-0.15, -0.1) is 0 Å². The van der Waals surface area contributed by atoms with Gasteiger partial charge in [-0.05, 0) is 38.4 Å². The fourth-order valence-corrected chi connectivity index (χ4v) is 2.22. The lowest BCUT2D eigenvalue weighted by atomic mass is 10.0. The highest BCUT2D eigenvalue weighted by Crippen LogP contribution is 2.25.